The maximum Gasteiger partial charge on any atom is 0.248 e. The summed E-state index contributed by atoms with van der Waals surface area (Å²) >= 11 is 0. The minimum Gasteiger partial charge on any atom is -0.495 e. The third-order valence-corrected chi connectivity index (χ3v) is 3.13. The highest BCUT2D eigenvalue weighted by Crippen LogP contribution is 2.24. The number of hydrogen-bond donors (Lipinski definition) is 2. The molecule has 0 atom stereocenters. The van der Waals surface area contributed by atoms with Gasteiger partial charge in [-0.05, 0) is 42.8 Å². The Balaban J connectivity index is 2.05. The van der Waals surface area contributed by atoms with Crippen LogP contribution in [-0.2, 0) is 4.79 Å². The zero-order valence-corrected chi connectivity index (χ0v) is 13.2. The molecule has 2 aromatic rings. The molecule has 0 aliphatic rings. The number of nitrogens with two attached hydrogens (primary N) is 1. The van der Waals surface area contributed by atoms with Gasteiger partial charge in [-0.1, -0.05) is 18.2 Å². The number of carbonyl (C=O) groups is 1. The second kappa shape index (κ2) is 7.89. The minimum absolute atomic E-state index is 0.248. The Bertz CT molecular complexity index is 711. The van der Waals surface area contributed by atoms with Crippen LogP contribution >= 0.6 is 0 Å². The molecule has 23 heavy (non-hydrogen) atoms. The first-order chi connectivity index (χ1) is 11.1. The summed E-state index contributed by atoms with van der Waals surface area (Å²) in [6, 6.07) is 12.6. The molecule has 0 fully saturated rings. The van der Waals surface area contributed by atoms with E-state index in [0.29, 0.717) is 29.5 Å². The first-order valence-electron chi connectivity index (χ1n) is 7.28. The first-order valence-corrected chi connectivity index (χ1v) is 7.28. The number of ether oxygens (including phenoxy) is 2. The normalized spacial score (nSPS) is 10.5. The lowest BCUT2D eigenvalue weighted by atomic mass is 10.1. The standard InChI is InChI=1S/C18H20N2O3/c1-3-23-16-10-8-13(12-14(16)19)9-11-18(21)20-15-6-4-5-7-17(15)22-2/h4-12H,3,19H2,1-2H3,(H,20,21)/b11-9-. The van der Waals surface area contributed by atoms with E-state index in [9.17, 15) is 4.79 Å². The van der Waals surface area contributed by atoms with Gasteiger partial charge in [-0.25, -0.2) is 0 Å². The number of hydrogen-bond acceptors (Lipinski definition) is 4. The van der Waals surface area contributed by atoms with Gasteiger partial charge in [0.2, 0.25) is 5.91 Å². The highest BCUT2D eigenvalue weighted by Gasteiger charge is 2.04. The van der Waals surface area contributed by atoms with Gasteiger partial charge in [0, 0.05) is 6.08 Å². The third-order valence-electron chi connectivity index (χ3n) is 3.13. The van der Waals surface area contributed by atoms with Crippen LogP contribution in [0.25, 0.3) is 6.08 Å². The molecule has 120 valence electrons. The Hall–Kier alpha value is -2.95. The van der Waals surface area contributed by atoms with Gasteiger partial charge in [-0.15, -0.1) is 0 Å². The molecular formula is C18H20N2O3. The summed E-state index contributed by atoms with van der Waals surface area (Å²) in [5.74, 6) is 1.00. The molecule has 0 aliphatic carbocycles. The number of amides is 1. The van der Waals surface area contributed by atoms with Gasteiger partial charge in [-0.3, -0.25) is 4.79 Å². The highest BCUT2D eigenvalue weighted by molar-refractivity contribution is 6.02. The van der Waals surface area contributed by atoms with Crippen LogP contribution in [0.2, 0.25) is 0 Å². The van der Waals surface area contributed by atoms with E-state index in [4.69, 9.17) is 15.2 Å². The predicted octanol–water partition coefficient (Wildman–Crippen LogP) is 3.33. The van der Waals surface area contributed by atoms with E-state index in [1.165, 1.54) is 6.08 Å². The van der Waals surface area contributed by atoms with Gasteiger partial charge >= 0.3 is 0 Å². The molecule has 0 aromatic heterocycles. The van der Waals surface area contributed by atoms with Crippen LogP contribution in [-0.4, -0.2) is 19.6 Å². The molecule has 0 heterocycles. The fourth-order valence-electron chi connectivity index (χ4n) is 2.05. The van der Waals surface area contributed by atoms with E-state index in [2.05, 4.69) is 5.32 Å². The number of benzene rings is 2. The van der Waals surface area contributed by atoms with Crippen molar-refractivity contribution in [1.29, 1.82) is 0 Å². The van der Waals surface area contributed by atoms with E-state index < -0.39 is 0 Å². The summed E-state index contributed by atoms with van der Waals surface area (Å²) in [6.45, 7) is 2.45. The van der Waals surface area contributed by atoms with Crippen molar-refractivity contribution >= 4 is 23.4 Å². The van der Waals surface area contributed by atoms with Crippen molar-refractivity contribution in [2.75, 3.05) is 24.8 Å². The van der Waals surface area contributed by atoms with E-state index in [1.807, 2.05) is 25.1 Å². The third kappa shape index (κ3) is 4.51. The number of anilines is 2. The maximum atomic E-state index is 12.0. The molecule has 2 aromatic carbocycles. The second-order valence-corrected chi connectivity index (χ2v) is 4.75. The Labute approximate surface area is 135 Å². The van der Waals surface area contributed by atoms with Crippen molar-refractivity contribution in [1.82, 2.24) is 0 Å². The zero-order chi connectivity index (χ0) is 16.7. The quantitative estimate of drug-likeness (QED) is 0.634. The zero-order valence-electron chi connectivity index (χ0n) is 13.2. The fraction of sp³-hybridized carbons (Fsp3) is 0.167. The summed E-state index contributed by atoms with van der Waals surface area (Å²) < 4.78 is 10.6. The molecule has 0 saturated carbocycles. The highest BCUT2D eigenvalue weighted by atomic mass is 16.5. The van der Waals surface area contributed by atoms with Gasteiger partial charge in [0.1, 0.15) is 11.5 Å². The molecule has 1 amide bonds. The lowest BCUT2D eigenvalue weighted by molar-refractivity contribution is -0.111. The Morgan fingerprint density at radius 1 is 1.22 bits per heavy atom. The van der Waals surface area contributed by atoms with Gasteiger partial charge in [0.25, 0.3) is 0 Å². The number of para-hydroxylation sites is 2. The molecule has 0 aliphatic heterocycles. The van der Waals surface area contributed by atoms with E-state index in [-0.39, 0.29) is 5.91 Å². The number of nitrogen functional groups attached to an aromatic ring is 1. The molecule has 0 spiro atoms. The van der Waals surface area contributed by atoms with Crippen LogP contribution in [0.1, 0.15) is 12.5 Å². The van der Waals surface area contributed by atoms with Crippen molar-refractivity contribution in [3.05, 3.63) is 54.1 Å². The molecule has 3 N–H and O–H groups in total. The Kier molecular flexibility index (Phi) is 5.63. The monoisotopic (exact) mass is 312 g/mol. The number of nitrogens with one attached hydrogen (secondary N) is 1. The largest absolute Gasteiger partial charge is 0.495 e. The van der Waals surface area contributed by atoms with Crippen LogP contribution in [0, 0.1) is 0 Å². The van der Waals surface area contributed by atoms with Crippen LogP contribution in [0.5, 0.6) is 11.5 Å². The van der Waals surface area contributed by atoms with Crippen LogP contribution in [0.3, 0.4) is 0 Å². The molecule has 5 heteroatoms. The first kappa shape index (κ1) is 16.4. The SMILES string of the molecule is CCOc1ccc(/C=C\C(=O)Nc2ccccc2OC)cc1N. The summed E-state index contributed by atoms with van der Waals surface area (Å²) in [5, 5.41) is 2.77. The van der Waals surface area contributed by atoms with Gasteiger partial charge < -0.3 is 20.5 Å². The van der Waals surface area contributed by atoms with Crippen molar-refractivity contribution in [3.63, 3.8) is 0 Å². The van der Waals surface area contributed by atoms with Crippen LogP contribution in [0.4, 0.5) is 11.4 Å². The van der Waals surface area contributed by atoms with Crippen molar-refractivity contribution in [3.8, 4) is 11.5 Å². The maximum absolute atomic E-state index is 12.0. The predicted molar refractivity (Wildman–Crippen MR) is 92.7 cm³/mol. The van der Waals surface area contributed by atoms with E-state index >= 15 is 0 Å². The van der Waals surface area contributed by atoms with Gasteiger partial charge in [0.15, 0.2) is 0 Å². The Morgan fingerprint density at radius 2 is 2.00 bits per heavy atom. The minimum atomic E-state index is -0.248. The lowest BCUT2D eigenvalue weighted by Crippen LogP contribution is -2.08. The van der Waals surface area contributed by atoms with Crippen LogP contribution < -0.4 is 20.5 Å². The summed E-state index contributed by atoms with van der Waals surface area (Å²) in [4.78, 5) is 12.0. The molecule has 0 unspecified atom stereocenters. The topological polar surface area (TPSA) is 73.6 Å². The summed E-state index contributed by atoms with van der Waals surface area (Å²) in [7, 11) is 1.56. The molecule has 0 bridgehead atoms. The van der Waals surface area contributed by atoms with Crippen molar-refractivity contribution < 1.29 is 14.3 Å². The fourth-order valence-corrected chi connectivity index (χ4v) is 2.05. The average Bonchev–Trinajstić information content (AvgIpc) is 2.56. The molecule has 5 nitrogen and oxygen atoms in total. The number of methoxy groups -OCH3 is 1. The summed E-state index contributed by atoms with van der Waals surface area (Å²) in [5.41, 5.74) is 7.88. The summed E-state index contributed by atoms with van der Waals surface area (Å²) in [6.07, 6.45) is 3.14. The van der Waals surface area contributed by atoms with Gasteiger partial charge in [0.05, 0.1) is 25.1 Å². The average molecular weight is 312 g/mol. The molecule has 0 saturated heterocycles. The molecular weight excluding hydrogens is 292 g/mol. The number of rotatable bonds is 6. The second-order valence-electron chi connectivity index (χ2n) is 4.75. The van der Waals surface area contributed by atoms with Gasteiger partial charge in [-0.2, -0.15) is 0 Å². The Morgan fingerprint density at radius 3 is 2.70 bits per heavy atom. The van der Waals surface area contributed by atoms with E-state index in [0.717, 1.165) is 5.56 Å². The van der Waals surface area contributed by atoms with Crippen LogP contribution in [0.15, 0.2) is 48.5 Å². The molecule has 0 radical (unpaired) electrons. The lowest BCUT2D eigenvalue weighted by Gasteiger charge is -2.08. The smallest absolute Gasteiger partial charge is 0.248 e. The van der Waals surface area contributed by atoms with E-state index in [1.54, 1.807) is 37.5 Å². The molecule has 2 rings (SSSR count). The van der Waals surface area contributed by atoms with Crippen molar-refractivity contribution in [2.24, 2.45) is 0 Å². The van der Waals surface area contributed by atoms with Crippen molar-refractivity contribution in [2.45, 2.75) is 6.92 Å². The number of carbonyl (C=O) groups excluding carboxylic acids is 1.